The summed E-state index contributed by atoms with van der Waals surface area (Å²) >= 11 is 0. The third kappa shape index (κ3) is 5.11. The number of nitrogens with one attached hydrogen (secondary N) is 1. The van der Waals surface area contributed by atoms with E-state index in [1.807, 2.05) is 37.3 Å². The predicted molar refractivity (Wildman–Crippen MR) is 105 cm³/mol. The molecular formula is C22H19NO5. The van der Waals surface area contributed by atoms with E-state index in [9.17, 15) is 14.7 Å². The lowest BCUT2D eigenvalue weighted by molar-refractivity contribution is -0.118. The molecule has 0 unspecified atom stereocenters. The Morgan fingerprint density at radius 2 is 1.61 bits per heavy atom. The fourth-order valence-corrected chi connectivity index (χ4v) is 2.50. The van der Waals surface area contributed by atoms with Crippen molar-refractivity contribution in [3.8, 4) is 17.2 Å². The predicted octanol–water partition coefficient (Wildman–Crippen LogP) is 4.50. The zero-order chi connectivity index (χ0) is 19.9. The molecule has 2 N–H and O–H groups in total. The van der Waals surface area contributed by atoms with Crippen LogP contribution in [0.25, 0.3) is 0 Å². The number of hydrogen-bond acceptors (Lipinski definition) is 4. The van der Waals surface area contributed by atoms with Gasteiger partial charge in [0.2, 0.25) is 0 Å². The van der Waals surface area contributed by atoms with Gasteiger partial charge in [-0.2, -0.15) is 0 Å². The Balaban J connectivity index is 1.57. The van der Waals surface area contributed by atoms with E-state index in [-0.39, 0.29) is 17.9 Å². The number of para-hydroxylation sites is 1. The molecule has 3 aromatic rings. The van der Waals surface area contributed by atoms with Crippen molar-refractivity contribution >= 4 is 17.6 Å². The second kappa shape index (κ2) is 8.73. The molecule has 0 aliphatic rings. The number of carbonyl (C=O) groups excluding carboxylic acids is 1. The number of aryl methyl sites for hydroxylation is 1. The average Bonchev–Trinajstić information content (AvgIpc) is 2.68. The SMILES string of the molecule is Cc1ccc(C(=O)O)c(OCC(=O)Nc2ccc(Oc3ccccc3)cc2)c1. The first-order valence-electron chi connectivity index (χ1n) is 8.61. The monoisotopic (exact) mass is 377 g/mol. The zero-order valence-corrected chi connectivity index (χ0v) is 15.2. The van der Waals surface area contributed by atoms with Crippen LogP contribution in [0.15, 0.2) is 72.8 Å². The molecule has 1 amide bonds. The number of rotatable bonds is 7. The molecule has 3 rings (SSSR count). The molecule has 0 aliphatic carbocycles. The molecule has 0 aromatic heterocycles. The fraction of sp³-hybridized carbons (Fsp3) is 0.0909. The highest BCUT2D eigenvalue weighted by atomic mass is 16.5. The molecule has 0 spiro atoms. The van der Waals surface area contributed by atoms with Gasteiger partial charge in [0.15, 0.2) is 6.61 Å². The van der Waals surface area contributed by atoms with Gasteiger partial charge in [-0.3, -0.25) is 4.79 Å². The lowest BCUT2D eigenvalue weighted by Gasteiger charge is -2.11. The lowest BCUT2D eigenvalue weighted by atomic mass is 10.1. The van der Waals surface area contributed by atoms with Gasteiger partial charge in [0, 0.05) is 5.69 Å². The first-order chi connectivity index (χ1) is 13.5. The Morgan fingerprint density at radius 3 is 2.29 bits per heavy atom. The largest absolute Gasteiger partial charge is 0.483 e. The minimum absolute atomic E-state index is 0.0146. The van der Waals surface area contributed by atoms with Crippen LogP contribution in [0.2, 0.25) is 0 Å². The Bertz CT molecular complexity index is 968. The molecule has 0 radical (unpaired) electrons. The number of hydrogen-bond donors (Lipinski definition) is 2. The first kappa shape index (κ1) is 19.0. The third-order valence-electron chi connectivity index (χ3n) is 3.84. The van der Waals surface area contributed by atoms with E-state index >= 15 is 0 Å². The van der Waals surface area contributed by atoms with Crippen LogP contribution in [0.1, 0.15) is 15.9 Å². The van der Waals surface area contributed by atoms with Crippen LogP contribution in [0.4, 0.5) is 5.69 Å². The van der Waals surface area contributed by atoms with Crippen molar-refractivity contribution in [1.29, 1.82) is 0 Å². The Morgan fingerprint density at radius 1 is 0.929 bits per heavy atom. The highest BCUT2D eigenvalue weighted by Crippen LogP contribution is 2.23. The summed E-state index contributed by atoms with van der Waals surface area (Å²) in [5, 5.41) is 11.9. The summed E-state index contributed by atoms with van der Waals surface area (Å²) in [5.74, 6) is 0.0274. The van der Waals surface area contributed by atoms with Crippen LogP contribution in [0.5, 0.6) is 17.2 Å². The van der Waals surface area contributed by atoms with Crippen LogP contribution in [-0.2, 0) is 4.79 Å². The average molecular weight is 377 g/mol. The second-order valence-electron chi connectivity index (χ2n) is 6.08. The molecule has 6 heteroatoms. The minimum Gasteiger partial charge on any atom is -0.483 e. The topological polar surface area (TPSA) is 84.9 Å². The van der Waals surface area contributed by atoms with E-state index in [1.54, 1.807) is 36.4 Å². The van der Waals surface area contributed by atoms with E-state index in [1.165, 1.54) is 6.07 Å². The van der Waals surface area contributed by atoms with Crippen molar-refractivity contribution in [1.82, 2.24) is 0 Å². The summed E-state index contributed by atoms with van der Waals surface area (Å²) in [6.07, 6.45) is 0. The van der Waals surface area contributed by atoms with Crippen LogP contribution in [0, 0.1) is 6.92 Å². The van der Waals surface area contributed by atoms with Crippen LogP contribution < -0.4 is 14.8 Å². The van der Waals surface area contributed by atoms with Crippen LogP contribution in [-0.4, -0.2) is 23.6 Å². The molecule has 28 heavy (non-hydrogen) atoms. The van der Waals surface area contributed by atoms with Gasteiger partial charge in [-0.15, -0.1) is 0 Å². The number of carbonyl (C=O) groups is 2. The van der Waals surface area contributed by atoms with Gasteiger partial charge in [0.25, 0.3) is 5.91 Å². The number of aromatic carboxylic acids is 1. The molecule has 0 fully saturated rings. The number of anilines is 1. The van der Waals surface area contributed by atoms with Crippen molar-refractivity contribution in [2.24, 2.45) is 0 Å². The summed E-state index contributed by atoms with van der Waals surface area (Å²) < 4.78 is 11.1. The normalized spacial score (nSPS) is 10.2. The molecule has 0 heterocycles. The zero-order valence-electron chi connectivity index (χ0n) is 15.2. The maximum Gasteiger partial charge on any atom is 0.339 e. The van der Waals surface area contributed by atoms with Gasteiger partial charge in [-0.05, 0) is 61.0 Å². The van der Waals surface area contributed by atoms with Crippen molar-refractivity contribution < 1.29 is 24.2 Å². The smallest absolute Gasteiger partial charge is 0.339 e. The summed E-state index contributed by atoms with van der Waals surface area (Å²) in [5.41, 5.74) is 1.44. The number of amides is 1. The van der Waals surface area contributed by atoms with E-state index in [0.717, 1.165) is 11.3 Å². The first-order valence-corrected chi connectivity index (χ1v) is 8.61. The Labute approximate surface area is 162 Å². The minimum atomic E-state index is -1.11. The molecular weight excluding hydrogens is 358 g/mol. The quantitative estimate of drug-likeness (QED) is 0.633. The molecule has 142 valence electrons. The summed E-state index contributed by atoms with van der Waals surface area (Å²) in [6, 6.07) is 21.0. The van der Waals surface area contributed by atoms with E-state index in [0.29, 0.717) is 11.4 Å². The van der Waals surface area contributed by atoms with Crippen molar-refractivity contribution in [2.75, 3.05) is 11.9 Å². The van der Waals surface area contributed by atoms with Crippen LogP contribution in [0.3, 0.4) is 0 Å². The Kier molecular flexibility index (Phi) is 5.91. The van der Waals surface area contributed by atoms with Gasteiger partial charge in [-0.25, -0.2) is 4.79 Å². The van der Waals surface area contributed by atoms with Gasteiger partial charge in [0.1, 0.15) is 22.8 Å². The maximum atomic E-state index is 12.1. The van der Waals surface area contributed by atoms with Gasteiger partial charge >= 0.3 is 5.97 Å². The van der Waals surface area contributed by atoms with E-state index in [2.05, 4.69) is 5.32 Å². The highest BCUT2D eigenvalue weighted by Gasteiger charge is 2.13. The number of benzene rings is 3. The molecule has 0 bridgehead atoms. The van der Waals surface area contributed by atoms with E-state index in [4.69, 9.17) is 9.47 Å². The fourth-order valence-electron chi connectivity index (χ4n) is 2.50. The second-order valence-corrected chi connectivity index (χ2v) is 6.08. The maximum absolute atomic E-state index is 12.1. The molecule has 0 atom stereocenters. The number of carboxylic acid groups (broad SMARTS) is 1. The Hall–Kier alpha value is -3.80. The number of ether oxygens (including phenoxy) is 2. The van der Waals surface area contributed by atoms with Gasteiger partial charge < -0.3 is 19.9 Å². The molecule has 0 saturated heterocycles. The summed E-state index contributed by atoms with van der Waals surface area (Å²) in [7, 11) is 0. The third-order valence-corrected chi connectivity index (χ3v) is 3.84. The molecule has 0 aliphatic heterocycles. The van der Waals surface area contributed by atoms with Crippen LogP contribution >= 0.6 is 0 Å². The summed E-state index contributed by atoms with van der Waals surface area (Å²) in [6.45, 7) is 1.52. The molecule has 6 nitrogen and oxygen atoms in total. The standard InChI is InChI=1S/C22H19NO5/c1-15-7-12-19(22(25)26)20(13-15)27-14-21(24)23-16-8-10-18(11-9-16)28-17-5-3-2-4-6-17/h2-13H,14H2,1H3,(H,23,24)(H,25,26). The van der Waals surface area contributed by atoms with Gasteiger partial charge in [-0.1, -0.05) is 24.3 Å². The highest BCUT2D eigenvalue weighted by molar-refractivity contribution is 5.93. The lowest BCUT2D eigenvalue weighted by Crippen LogP contribution is -2.20. The summed E-state index contributed by atoms with van der Waals surface area (Å²) in [4.78, 5) is 23.4. The number of carboxylic acids is 1. The van der Waals surface area contributed by atoms with Crippen molar-refractivity contribution in [3.63, 3.8) is 0 Å². The molecule has 0 saturated carbocycles. The molecule has 3 aromatic carbocycles. The van der Waals surface area contributed by atoms with Gasteiger partial charge in [0.05, 0.1) is 0 Å². The van der Waals surface area contributed by atoms with E-state index < -0.39 is 11.9 Å². The van der Waals surface area contributed by atoms with Crippen molar-refractivity contribution in [3.05, 3.63) is 83.9 Å². The van der Waals surface area contributed by atoms with Crippen molar-refractivity contribution in [2.45, 2.75) is 6.92 Å².